The third kappa shape index (κ3) is 4.64. The Kier molecular flexibility index (Phi) is 6.04. The lowest BCUT2D eigenvalue weighted by Crippen LogP contribution is -2.44. The van der Waals surface area contributed by atoms with Gasteiger partial charge in [0.1, 0.15) is 18.2 Å². The van der Waals surface area contributed by atoms with Crippen molar-refractivity contribution in [3.8, 4) is 17.3 Å². The maximum absolute atomic E-state index is 13.8. The number of hydrogen-bond acceptors (Lipinski definition) is 8. The van der Waals surface area contributed by atoms with Crippen molar-refractivity contribution in [1.82, 2.24) is 25.2 Å². The first-order valence-corrected chi connectivity index (χ1v) is 12.7. The number of rotatable bonds is 5. The van der Waals surface area contributed by atoms with Crippen LogP contribution in [-0.2, 0) is 6.18 Å². The largest absolute Gasteiger partial charge is 0.462 e. The molecule has 12 heteroatoms. The zero-order valence-corrected chi connectivity index (χ0v) is 21.0. The minimum atomic E-state index is -4.63. The number of halogens is 4. The van der Waals surface area contributed by atoms with Gasteiger partial charge in [0, 0.05) is 49.7 Å². The highest BCUT2D eigenvalue weighted by Gasteiger charge is 2.51. The van der Waals surface area contributed by atoms with E-state index in [1.165, 1.54) is 12.5 Å². The summed E-state index contributed by atoms with van der Waals surface area (Å²) in [4.78, 5) is 17.8. The highest BCUT2D eigenvalue weighted by molar-refractivity contribution is 6.34. The molecule has 3 aliphatic rings. The van der Waals surface area contributed by atoms with Crippen LogP contribution >= 0.6 is 11.6 Å². The smallest absolute Gasteiger partial charge is 0.418 e. The SMILES string of the molecule is CN1C[C@H]2CC2[C@H]1COc1nc(N2CCNCC2)c2cc(Cl)c(-c3nc(N)ccc3C(F)(F)F)cc2n1. The monoisotopic (exact) mass is 533 g/mol. The van der Waals surface area contributed by atoms with Gasteiger partial charge in [-0.05, 0) is 49.6 Å². The Morgan fingerprint density at radius 1 is 1.16 bits per heavy atom. The molecule has 0 bridgehead atoms. The number of anilines is 2. The standard InChI is InChI=1S/C25H27ClF3N7O/c1-35-11-13-8-14(13)20(35)12-37-24-32-19-10-15(22-17(25(27,28)29)2-3-21(30)33-22)18(26)9-16(19)23(34-24)36-6-4-31-5-7-36/h2-3,9-10,13-14,20,31H,4-8,11-12H2,1H3,(H2,30,33)/t13-,14?,20-/m1/s1. The second kappa shape index (κ2) is 9.14. The molecule has 0 amide bonds. The lowest BCUT2D eigenvalue weighted by molar-refractivity contribution is -0.137. The quantitative estimate of drug-likeness (QED) is 0.513. The second-order valence-electron chi connectivity index (χ2n) is 10.0. The molecule has 2 aliphatic heterocycles. The van der Waals surface area contributed by atoms with E-state index in [1.54, 1.807) is 6.07 Å². The van der Waals surface area contributed by atoms with Crippen LogP contribution in [0.1, 0.15) is 12.0 Å². The average molecular weight is 534 g/mol. The van der Waals surface area contributed by atoms with Crippen LogP contribution < -0.4 is 20.7 Å². The number of alkyl halides is 3. The Morgan fingerprint density at radius 2 is 1.95 bits per heavy atom. The summed E-state index contributed by atoms with van der Waals surface area (Å²) in [6, 6.07) is 5.68. The minimum Gasteiger partial charge on any atom is -0.462 e. The van der Waals surface area contributed by atoms with E-state index in [4.69, 9.17) is 27.1 Å². The lowest BCUT2D eigenvalue weighted by Gasteiger charge is -2.29. The van der Waals surface area contributed by atoms with Gasteiger partial charge in [-0.15, -0.1) is 0 Å². The van der Waals surface area contributed by atoms with E-state index in [0.717, 1.165) is 50.8 Å². The molecule has 6 rings (SSSR count). The molecule has 0 radical (unpaired) electrons. The minimum absolute atomic E-state index is 0.0357. The van der Waals surface area contributed by atoms with Gasteiger partial charge in [0.2, 0.25) is 0 Å². The number of ether oxygens (including phenoxy) is 1. The number of nitrogen functional groups attached to an aromatic ring is 1. The zero-order valence-electron chi connectivity index (χ0n) is 20.2. The fraction of sp³-hybridized carbons (Fsp3) is 0.480. The molecule has 3 atom stereocenters. The number of nitrogens with two attached hydrogens (primary N) is 1. The van der Waals surface area contributed by atoms with Crippen LogP contribution in [0, 0.1) is 11.8 Å². The summed E-state index contributed by atoms with van der Waals surface area (Å²) < 4.78 is 47.5. The Balaban J connectivity index is 1.44. The first-order valence-electron chi connectivity index (χ1n) is 12.3. The number of likely N-dealkylation sites (N-methyl/N-ethyl adjacent to an activating group) is 1. The van der Waals surface area contributed by atoms with Crippen molar-refractivity contribution in [3.05, 3.63) is 34.9 Å². The molecule has 3 N–H and O–H groups in total. The maximum atomic E-state index is 13.8. The summed E-state index contributed by atoms with van der Waals surface area (Å²) in [5.74, 6) is 1.99. The molecule has 196 valence electrons. The van der Waals surface area contributed by atoms with Crippen molar-refractivity contribution in [3.63, 3.8) is 0 Å². The summed E-state index contributed by atoms with van der Waals surface area (Å²) in [6.07, 6.45) is -3.41. The van der Waals surface area contributed by atoms with E-state index in [2.05, 4.69) is 32.1 Å². The number of benzene rings is 1. The van der Waals surface area contributed by atoms with Gasteiger partial charge in [-0.3, -0.25) is 4.90 Å². The van der Waals surface area contributed by atoms with Gasteiger partial charge in [0.25, 0.3) is 0 Å². The number of nitrogens with one attached hydrogen (secondary N) is 1. The molecule has 1 aromatic carbocycles. The number of aromatic nitrogens is 3. The van der Waals surface area contributed by atoms with E-state index in [9.17, 15) is 13.2 Å². The third-order valence-corrected chi connectivity index (χ3v) is 7.89. The van der Waals surface area contributed by atoms with Crippen molar-refractivity contribution >= 4 is 34.1 Å². The topological polar surface area (TPSA) is 92.4 Å². The van der Waals surface area contributed by atoms with Gasteiger partial charge in [0.05, 0.1) is 21.8 Å². The Morgan fingerprint density at radius 3 is 2.65 bits per heavy atom. The van der Waals surface area contributed by atoms with Crippen LogP contribution in [0.5, 0.6) is 6.01 Å². The number of piperazine rings is 1. The van der Waals surface area contributed by atoms with Crippen LogP contribution in [-0.4, -0.2) is 72.3 Å². The molecule has 1 aliphatic carbocycles. The van der Waals surface area contributed by atoms with Gasteiger partial charge in [-0.25, -0.2) is 4.98 Å². The summed E-state index contributed by atoms with van der Waals surface area (Å²) in [5, 5.41) is 4.06. The van der Waals surface area contributed by atoms with Gasteiger partial charge < -0.3 is 20.7 Å². The number of likely N-dealkylation sites (tertiary alicyclic amines) is 1. The molecular formula is C25H27ClF3N7O. The summed E-state index contributed by atoms with van der Waals surface area (Å²) in [6.45, 7) is 4.53. The van der Waals surface area contributed by atoms with Crippen LogP contribution in [0.2, 0.25) is 5.02 Å². The first kappa shape index (κ1) is 24.4. The molecule has 0 spiro atoms. The van der Waals surface area contributed by atoms with Crippen LogP contribution in [0.15, 0.2) is 24.3 Å². The lowest BCUT2D eigenvalue weighted by atomic mass is 10.0. The third-order valence-electron chi connectivity index (χ3n) is 7.58. The van der Waals surface area contributed by atoms with Crippen molar-refractivity contribution in [2.75, 3.05) is 57.0 Å². The van der Waals surface area contributed by atoms with E-state index >= 15 is 0 Å². The molecule has 2 saturated heterocycles. The van der Waals surface area contributed by atoms with Crippen molar-refractivity contribution in [2.45, 2.75) is 18.6 Å². The fourth-order valence-electron chi connectivity index (χ4n) is 5.58. The predicted molar refractivity (Wildman–Crippen MR) is 136 cm³/mol. The van der Waals surface area contributed by atoms with Gasteiger partial charge in [0.15, 0.2) is 0 Å². The Labute approximate surface area is 217 Å². The molecule has 8 nitrogen and oxygen atoms in total. The number of pyridine rings is 1. The highest BCUT2D eigenvalue weighted by Crippen LogP contribution is 2.49. The molecule has 1 unspecified atom stereocenters. The first-order chi connectivity index (χ1) is 17.7. The van der Waals surface area contributed by atoms with E-state index in [1.807, 2.05) is 0 Å². The van der Waals surface area contributed by atoms with Crippen LogP contribution in [0.3, 0.4) is 0 Å². The van der Waals surface area contributed by atoms with E-state index in [-0.39, 0.29) is 28.1 Å². The Bertz CT molecular complexity index is 1350. The maximum Gasteiger partial charge on any atom is 0.418 e. The van der Waals surface area contributed by atoms with Gasteiger partial charge in [-0.1, -0.05) is 11.6 Å². The van der Waals surface area contributed by atoms with Gasteiger partial charge in [-0.2, -0.15) is 23.1 Å². The second-order valence-corrected chi connectivity index (χ2v) is 10.4. The molecule has 3 fully saturated rings. The van der Waals surface area contributed by atoms with E-state index in [0.29, 0.717) is 35.3 Å². The van der Waals surface area contributed by atoms with Crippen molar-refractivity contribution in [1.29, 1.82) is 0 Å². The predicted octanol–water partition coefficient (Wildman–Crippen LogP) is 3.68. The molecule has 4 heterocycles. The van der Waals surface area contributed by atoms with Crippen molar-refractivity contribution < 1.29 is 17.9 Å². The Hall–Kier alpha value is -2.89. The van der Waals surface area contributed by atoms with Crippen molar-refractivity contribution in [2.24, 2.45) is 11.8 Å². The van der Waals surface area contributed by atoms with Gasteiger partial charge >= 0.3 is 12.2 Å². The molecular weight excluding hydrogens is 507 g/mol. The summed E-state index contributed by atoms with van der Waals surface area (Å²) in [7, 11) is 2.10. The van der Waals surface area contributed by atoms with Crippen LogP contribution in [0.4, 0.5) is 24.8 Å². The molecule has 1 saturated carbocycles. The zero-order chi connectivity index (χ0) is 25.9. The fourth-order valence-corrected chi connectivity index (χ4v) is 5.83. The number of fused-ring (bicyclic) bond motifs is 2. The summed E-state index contributed by atoms with van der Waals surface area (Å²) >= 11 is 6.58. The number of piperidine rings is 1. The number of hydrogen-bond donors (Lipinski definition) is 2. The average Bonchev–Trinajstić information content (AvgIpc) is 3.54. The van der Waals surface area contributed by atoms with E-state index < -0.39 is 11.7 Å². The van der Waals surface area contributed by atoms with Crippen LogP contribution in [0.25, 0.3) is 22.2 Å². The molecule has 2 aromatic heterocycles. The normalized spacial score (nSPS) is 23.9. The molecule has 3 aromatic rings. The summed E-state index contributed by atoms with van der Waals surface area (Å²) in [5.41, 5.74) is 5.03. The number of nitrogens with zero attached hydrogens (tertiary/aromatic N) is 5. The highest BCUT2D eigenvalue weighted by atomic mass is 35.5. The molecule has 37 heavy (non-hydrogen) atoms.